The van der Waals surface area contributed by atoms with Crippen LogP contribution in [0.25, 0.3) is 0 Å². The number of benzene rings is 2. The highest BCUT2D eigenvalue weighted by Gasteiger charge is 2.47. The number of rotatable bonds is 7. The maximum absolute atomic E-state index is 12.0. The van der Waals surface area contributed by atoms with Crippen molar-refractivity contribution >= 4 is 30.3 Å². The second-order valence-corrected chi connectivity index (χ2v) is 19.9. The Labute approximate surface area is 376 Å². The molecular formula is C51H75N5O7. The minimum absolute atomic E-state index is 0.0522. The number of fused-ring (bicyclic) bond motifs is 4. The molecule has 2 atom stereocenters. The van der Waals surface area contributed by atoms with Crippen molar-refractivity contribution in [3.05, 3.63) is 70.8 Å². The number of nitrogens with zero attached hydrogens (tertiary/aromatic N) is 3. The summed E-state index contributed by atoms with van der Waals surface area (Å²) in [6, 6.07) is 17.8. The molecular weight excluding hydrogens is 795 g/mol. The predicted molar refractivity (Wildman–Crippen MR) is 245 cm³/mol. The van der Waals surface area contributed by atoms with Crippen molar-refractivity contribution in [1.82, 2.24) is 25.3 Å². The number of hydrogen-bond donors (Lipinski definition) is 2. The molecule has 2 spiro atoms. The van der Waals surface area contributed by atoms with E-state index in [2.05, 4.69) is 71.0 Å². The average Bonchev–Trinajstić information content (AvgIpc) is 3.72. The highest BCUT2D eigenvalue weighted by molar-refractivity contribution is 5.74. The number of hydrogen-bond acceptors (Lipinski definition) is 8. The molecule has 0 aromatic heterocycles. The highest BCUT2D eigenvalue weighted by Crippen LogP contribution is 2.53. The van der Waals surface area contributed by atoms with Gasteiger partial charge in [-0.25, -0.2) is 9.59 Å². The predicted octanol–water partition coefficient (Wildman–Crippen LogP) is 8.77. The summed E-state index contributed by atoms with van der Waals surface area (Å²) < 4.78 is 10.0. The second-order valence-electron chi connectivity index (χ2n) is 19.9. The number of likely N-dealkylation sites (tertiary alicyclic amines) is 3. The maximum atomic E-state index is 12.0. The van der Waals surface area contributed by atoms with Gasteiger partial charge in [0.2, 0.25) is 11.8 Å². The number of nitrogens with one attached hydrogen (secondary N) is 2. The molecule has 0 radical (unpaired) electrons. The third kappa shape index (κ3) is 11.6. The third-order valence-electron chi connectivity index (χ3n) is 15.2. The topological polar surface area (TPSA) is 138 Å². The van der Waals surface area contributed by atoms with Crippen molar-refractivity contribution in [1.29, 1.82) is 0 Å². The van der Waals surface area contributed by atoms with Crippen LogP contribution in [0.3, 0.4) is 0 Å². The summed E-state index contributed by atoms with van der Waals surface area (Å²) in [5.41, 5.74) is 6.16. The fourth-order valence-corrected chi connectivity index (χ4v) is 11.5. The van der Waals surface area contributed by atoms with Crippen molar-refractivity contribution in [3.8, 4) is 0 Å². The zero-order valence-electron chi connectivity index (χ0n) is 39.1. The Bertz CT molecular complexity index is 1890. The average molecular weight is 870 g/mol. The molecule has 0 unspecified atom stereocenters. The normalized spacial score (nSPS) is 23.7. The van der Waals surface area contributed by atoms with Crippen LogP contribution in [0.15, 0.2) is 48.5 Å². The largest absolute Gasteiger partial charge is 0.450 e. The van der Waals surface area contributed by atoms with Crippen molar-refractivity contribution in [2.75, 3.05) is 59.0 Å². The van der Waals surface area contributed by atoms with Crippen molar-refractivity contribution in [2.45, 2.75) is 148 Å². The summed E-state index contributed by atoms with van der Waals surface area (Å²) in [5.74, 6) is 0.138. The minimum atomic E-state index is -0.263. The zero-order chi connectivity index (χ0) is 45.3. The SMILES string of the molecule is CC(=O)N[C@H]1CC2(CCCCC2)c2ccccc21.CCOC(=O)N1CCC(C)(C=O)CC1.CCOC(=O)N1CCC(C)(CN2CCC3(CC2)C[C@H](NC(C)=O)c2ccccc23)CC1. The van der Waals surface area contributed by atoms with Gasteiger partial charge in [0.05, 0.1) is 25.3 Å². The van der Waals surface area contributed by atoms with Crippen LogP contribution in [0, 0.1) is 10.8 Å². The van der Waals surface area contributed by atoms with E-state index in [0.717, 1.165) is 90.4 Å². The van der Waals surface area contributed by atoms with Gasteiger partial charge < -0.3 is 39.6 Å². The number of piperidine rings is 3. The second kappa shape index (κ2) is 21.0. The van der Waals surface area contributed by atoms with Crippen LogP contribution in [0.4, 0.5) is 9.59 Å². The van der Waals surface area contributed by atoms with Crippen molar-refractivity contribution in [3.63, 3.8) is 0 Å². The van der Waals surface area contributed by atoms with Crippen LogP contribution in [0.2, 0.25) is 0 Å². The first-order valence-corrected chi connectivity index (χ1v) is 23.9. The summed E-state index contributed by atoms with van der Waals surface area (Å²) in [6.45, 7) is 18.1. The van der Waals surface area contributed by atoms with Gasteiger partial charge >= 0.3 is 12.2 Å². The lowest BCUT2D eigenvalue weighted by Gasteiger charge is -2.46. The van der Waals surface area contributed by atoms with Crippen LogP contribution in [-0.2, 0) is 34.7 Å². The number of ether oxygens (including phenoxy) is 2. The zero-order valence-corrected chi connectivity index (χ0v) is 39.1. The summed E-state index contributed by atoms with van der Waals surface area (Å²) in [7, 11) is 0. The van der Waals surface area contributed by atoms with Gasteiger partial charge in [0, 0.05) is 57.4 Å². The van der Waals surface area contributed by atoms with Gasteiger partial charge in [-0.05, 0) is 124 Å². The smallest absolute Gasteiger partial charge is 0.409 e. The van der Waals surface area contributed by atoms with E-state index in [-0.39, 0.29) is 52.3 Å². The van der Waals surface area contributed by atoms with Gasteiger partial charge in [0.25, 0.3) is 0 Å². The molecule has 12 nitrogen and oxygen atoms in total. The fourth-order valence-electron chi connectivity index (χ4n) is 11.5. The lowest BCUT2D eigenvalue weighted by atomic mass is 9.70. The lowest BCUT2D eigenvalue weighted by Crippen LogP contribution is -2.49. The molecule has 8 rings (SSSR count). The van der Waals surface area contributed by atoms with Gasteiger partial charge in [-0.1, -0.05) is 81.6 Å². The van der Waals surface area contributed by atoms with Gasteiger partial charge in [0.1, 0.15) is 6.29 Å². The van der Waals surface area contributed by atoms with Gasteiger partial charge in [0.15, 0.2) is 0 Å². The molecule has 12 heteroatoms. The third-order valence-corrected chi connectivity index (χ3v) is 15.2. The summed E-state index contributed by atoms with van der Waals surface area (Å²) in [5, 5.41) is 6.31. The molecule has 4 amide bonds. The van der Waals surface area contributed by atoms with E-state index >= 15 is 0 Å². The molecule has 63 heavy (non-hydrogen) atoms. The molecule has 0 bridgehead atoms. The Balaban J connectivity index is 0.000000174. The fraction of sp³-hybridized carbons (Fsp3) is 0.667. The first-order valence-electron chi connectivity index (χ1n) is 23.9. The van der Waals surface area contributed by atoms with Gasteiger partial charge in [-0.2, -0.15) is 0 Å². The van der Waals surface area contributed by atoms with Crippen LogP contribution >= 0.6 is 0 Å². The van der Waals surface area contributed by atoms with Crippen LogP contribution in [0.1, 0.15) is 159 Å². The number of carbonyl (C=O) groups excluding carboxylic acids is 5. The molecule has 346 valence electrons. The Morgan fingerprint density at radius 3 is 1.48 bits per heavy atom. The molecule has 2 N–H and O–H groups in total. The van der Waals surface area contributed by atoms with Crippen molar-refractivity contribution in [2.24, 2.45) is 10.8 Å². The standard InChI is InChI=1S/C25H37N3O3.C16H21NO.C10H17NO3/c1-4-31-23(30)28-15-9-24(3,10-16-28)18-27-13-11-25(12-14-27)17-22(26-19(2)29)20-7-5-6-8-21(20)25;1-12(18)17-15-11-16(9-5-2-6-10-16)14-8-4-3-7-13(14)15;1-3-14-9(13)11-6-4-10(2,8-12)5-7-11/h5-8,22H,4,9-18H2,1-3H3,(H,26,29);3-4,7-8,15H,2,5-6,9-11H2,1H3,(H,17,18);8H,3-7H2,1-2H3/t22-;15-;/m00./s1. The molecule has 3 aliphatic heterocycles. The molecule has 3 aliphatic carbocycles. The van der Waals surface area contributed by atoms with E-state index in [1.54, 1.807) is 25.7 Å². The molecule has 1 saturated carbocycles. The quantitative estimate of drug-likeness (QED) is 0.264. The Kier molecular flexibility index (Phi) is 16.0. The van der Waals surface area contributed by atoms with E-state index in [1.807, 2.05) is 18.7 Å². The lowest BCUT2D eigenvalue weighted by molar-refractivity contribution is -0.120. The molecule has 2 aromatic carbocycles. The number of aldehydes is 1. The van der Waals surface area contributed by atoms with Gasteiger partial charge in [-0.15, -0.1) is 0 Å². The van der Waals surface area contributed by atoms with Crippen molar-refractivity contribution < 1.29 is 33.4 Å². The monoisotopic (exact) mass is 870 g/mol. The summed E-state index contributed by atoms with van der Waals surface area (Å²) in [4.78, 5) is 63.3. The summed E-state index contributed by atoms with van der Waals surface area (Å²) in [6.07, 6.45) is 15.1. The molecule has 3 heterocycles. The minimum Gasteiger partial charge on any atom is -0.450 e. The highest BCUT2D eigenvalue weighted by atomic mass is 16.6. The number of carbonyl (C=O) groups is 5. The first kappa shape index (κ1) is 48.0. The Morgan fingerprint density at radius 2 is 1.05 bits per heavy atom. The Hall–Kier alpha value is -4.45. The molecule has 6 aliphatic rings. The van der Waals surface area contributed by atoms with E-state index in [9.17, 15) is 24.0 Å². The van der Waals surface area contributed by atoms with Crippen LogP contribution < -0.4 is 10.6 Å². The van der Waals surface area contributed by atoms with Gasteiger partial charge in [-0.3, -0.25) is 9.59 Å². The molecule has 2 aromatic rings. The maximum Gasteiger partial charge on any atom is 0.409 e. The van der Waals surface area contributed by atoms with E-state index in [0.29, 0.717) is 31.7 Å². The van der Waals surface area contributed by atoms with E-state index in [1.165, 1.54) is 54.4 Å². The Morgan fingerprint density at radius 1 is 0.619 bits per heavy atom. The number of amides is 4. The van der Waals surface area contributed by atoms with E-state index < -0.39 is 0 Å². The molecule has 3 saturated heterocycles. The van der Waals surface area contributed by atoms with Crippen LogP contribution in [-0.4, -0.2) is 104 Å². The van der Waals surface area contributed by atoms with Crippen LogP contribution in [0.5, 0.6) is 0 Å². The summed E-state index contributed by atoms with van der Waals surface area (Å²) >= 11 is 0. The van der Waals surface area contributed by atoms with E-state index in [4.69, 9.17) is 9.47 Å². The first-order chi connectivity index (χ1) is 30.2. The molecule has 4 fully saturated rings.